The lowest BCUT2D eigenvalue weighted by Gasteiger charge is -2.35. The van der Waals surface area contributed by atoms with Crippen LogP contribution >= 0.6 is 11.3 Å². The molecular weight excluding hydrogens is 332 g/mol. The van der Waals surface area contributed by atoms with E-state index >= 15 is 0 Å². The summed E-state index contributed by atoms with van der Waals surface area (Å²) in [6, 6.07) is 11.2. The minimum absolute atomic E-state index is 0.274. The van der Waals surface area contributed by atoms with Crippen LogP contribution in [0.3, 0.4) is 0 Å². The average Bonchev–Trinajstić information content (AvgIpc) is 3.05. The predicted octanol–water partition coefficient (Wildman–Crippen LogP) is 3.85. The van der Waals surface area contributed by atoms with E-state index in [0.717, 1.165) is 37.7 Å². The van der Waals surface area contributed by atoms with Crippen LogP contribution in [-0.4, -0.2) is 44.3 Å². The molecule has 1 N–H and O–H groups in total. The third-order valence-electron chi connectivity index (χ3n) is 4.43. The second-order valence-electron chi connectivity index (χ2n) is 6.21. The van der Waals surface area contributed by atoms with Crippen molar-refractivity contribution in [1.29, 1.82) is 0 Å². The van der Waals surface area contributed by atoms with Crippen molar-refractivity contribution in [3.63, 3.8) is 0 Å². The predicted molar refractivity (Wildman–Crippen MR) is 104 cm³/mol. The van der Waals surface area contributed by atoms with Crippen LogP contribution in [0, 0.1) is 6.92 Å². The van der Waals surface area contributed by atoms with E-state index in [1.807, 2.05) is 25.2 Å². The molecular formula is C20H28N2O2S. The summed E-state index contributed by atoms with van der Waals surface area (Å²) < 4.78 is 11.6. The summed E-state index contributed by atoms with van der Waals surface area (Å²) in [5.74, 6) is 1.67. The van der Waals surface area contributed by atoms with Gasteiger partial charge in [0.05, 0.1) is 19.3 Å². The zero-order valence-corrected chi connectivity index (χ0v) is 16.2. The van der Waals surface area contributed by atoms with Crippen molar-refractivity contribution in [2.45, 2.75) is 26.8 Å². The number of ether oxygens (including phenoxy) is 2. The van der Waals surface area contributed by atoms with E-state index in [-0.39, 0.29) is 6.04 Å². The van der Waals surface area contributed by atoms with Gasteiger partial charge in [-0.15, -0.1) is 11.3 Å². The van der Waals surface area contributed by atoms with Gasteiger partial charge < -0.3 is 14.8 Å². The molecule has 0 aliphatic carbocycles. The first-order valence-electron chi connectivity index (χ1n) is 9.13. The SMILES string of the molecule is CCOc1ccc(C(c2ccc(C)s2)N2CCNCC2)cc1OCC. The zero-order chi connectivity index (χ0) is 17.6. The standard InChI is InChI=1S/C20H28N2O2S/c1-4-23-17-8-7-16(14-18(17)24-5-2)20(19-9-6-15(3)25-19)22-12-10-21-11-13-22/h6-9,14,20-21H,4-5,10-13H2,1-3H3. The van der Waals surface area contributed by atoms with Crippen LogP contribution in [0.25, 0.3) is 0 Å². The van der Waals surface area contributed by atoms with Crippen molar-refractivity contribution in [3.8, 4) is 11.5 Å². The lowest BCUT2D eigenvalue weighted by molar-refractivity contribution is 0.200. The van der Waals surface area contributed by atoms with Crippen molar-refractivity contribution in [2.75, 3.05) is 39.4 Å². The first-order chi connectivity index (χ1) is 12.2. The van der Waals surface area contributed by atoms with Crippen molar-refractivity contribution in [1.82, 2.24) is 10.2 Å². The highest BCUT2D eigenvalue weighted by Crippen LogP contribution is 2.38. The monoisotopic (exact) mass is 360 g/mol. The van der Waals surface area contributed by atoms with Crippen molar-refractivity contribution < 1.29 is 9.47 Å². The summed E-state index contributed by atoms with van der Waals surface area (Å²) in [6.07, 6.45) is 0. The smallest absolute Gasteiger partial charge is 0.161 e. The molecule has 25 heavy (non-hydrogen) atoms. The van der Waals surface area contributed by atoms with Gasteiger partial charge in [0, 0.05) is 35.9 Å². The van der Waals surface area contributed by atoms with E-state index < -0.39 is 0 Å². The van der Waals surface area contributed by atoms with Crippen molar-refractivity contribution in [2.24, 2.45) is 0 Å². The van der Waals surface area contributed by atoms with Gasteiger partial charge in [-0.1, -0.05) is 6.07 Å². The topological polar surface area (TPSA) is 33.7 Å². The van der Waals surface area contributed by atoms with Crippen LogP contribution in [0.5, 0.6) is 11.5 Å². The number of rotatable bonds is 7. The quantitative estimate of drug-likeness (QED) is 0.813. The molecule has 1 aromatic heterocycles. The molecule has 1 saturated heterocycles. The fraction of sp³-hybridized carbons (Fsp3) is 0.500. The third-order valence-corrected chi connectivity index (χ3v) is 5.48. The molecule has 0 radical (unpaired) electrons. The van der Waals surface area contributed by atoms with Crippen LogP contribution in [0.2, 0.25) is 0 Å². The molecule has 0 saturated carbocycles. The number of nitrogens with one attached hydrogen (secondary N) is 1. The van der Waals surface area contributed by atoms with E-state index in [0.29, 0.717) is 13.2 Å². The van der Waals surface area contributed by atoms with E-state index in [9.17, 15) is 0 Å². The number of piperazine rings is 1. The molecule has 1 fully saturated rings. The highest BCUT2D eigenvalue weighted by atomic mass is 32.1. The Hall–Kier alpha value is -1.56. The number of hydrogen-bond donors (Lipinski definition) is 1. The maximum Gasteiger partial charge on any atom is 0.161 e. The summed E-state index contributed by atoms with van der Waals surface area (Å²) in [7, 11) is 0. The van der Waals surface area contributed by atoms with E-state index in [2.05, 4.69) is 47.5 Å². The lowest BCUT2D eigenvalue weighted by atomic mass is 10.0. The Labute approximate surface area is 154 Å². The van der Waals surface area contributed by atoms with Gasteiger partial charge in [0.1, 0.15) is 0 Å². The van der Waals surface area contributed by atoms with Gasteiger partial charge in [-0.2, -0.15) is 0 Å². The van der Waals surface area contributed by atoms with Crippen LogP contribution in [0.1, 0.15) is 35.2 Å². The fourth-order valence-corrected chi connectivity index (χ4v) is 4.37. The minimum Gasteiger partial charge on any atom is -0.490 e. The molecule has 1 atom stereocenters. The molecule has 1 aromatic carbocycles. The molecule has 136 valence electrons. The Morgan fingerprint density at radius 1 is 1.04 bits per heavy atom. The Bertz CT molecular complexity index is 680. The maximum atomic E-state index is 5.86. The van der Waals surface area contributed by atoms with Gasteiger partial charge in [-0.05, 0) is 50.6 Å². The normalized spacial score (nSPS) is 16.6. The van der Waals surface area contributed by atoms with Gasteiger partial charge in [0.25, 0.3) is 0 Å². The molecule has 0 amide bonds. The molecule has 5 heteroatoms. The second-order valence-corrected chi connectivity index (χ2v) is 7.53. The molecule has 1 aliphatic heterocycles. The van der Waals surface area contributed by atoms with E-state index in [1.54, 1.807) is 0 Å². The van der Waals surface area contributed by atoms with Gasteiger partial charge in [-0.3, -0.25) is 4.90 Å². The van der Waals surface area contributed by atoms with Crippen LogP contribution in [0.15, 0.2) is 30.3 Å². The number of benzene rings is 1. The molecule has 4 nitrogen and oxygen atoms in total. The molecule has 2 heterocycles. The largest absolute Gasteiger partial charge is 0.490 e. The summed E-state index contributed by atoms with van der Waals surface area (Å²) in [6.45, 7) is 11.7. The average molecular weight is 361 g/mol. The van der Waals surface area contributed by atoms with Gasteiger partial charge >= 0.3 is 0 Å². The Balaban J connectivity index is 1.98. The molecule has 0 spiro atoms. The van der Waals surface area contributed by atoms with Crippen LogP contribution in [-0.2, 0) is 0 Å². The number of hydrogen-bond acceptors (Lipinski definition) is 5. The maximum absolute atomic E-state index is 5.86. The Morgan fingerprint density at radius 2 is 1.76 bits per heavy atom. The second kappa shape index (κ2) is 8.70. The lowest BCUT2D eigenvalue weighted by Crippen LogP contribution is -2.45. The molecule has 0 bridgehead atoms. The van der Waals surface area contributed by atoms with Gasteiger partial charge in [0.2, 0.25) is 0 Å². The van der Waals surface area contributed by atoms with Crippen LogP contribution in [0.4, 0.5) is 0 Å². The highest BCUT2D eigenvalue weighted by molar-refractivity contribution is 7.12. The van der Waals surface area contributed by atoms with Crippen LogP contribution < -0.4 is 14.8 Å². The summed E-state index contributed by atoms with van der Waals surface area (Å²) in [4.78, 5) is 5.31. The zero-order valence-electron chi connectivity index (χ0n) is 15.4. The van der Waals surface area contributed by atoms with Gasteiger partial charge in [0.15, 0.2) is 11.5 Å². The Kier molecular flexibility index (Phi) is 6.34. The molecule has 1 aliphatic rings. The first-order valence-corrected chi connectivity index (χ1v) is 9.95. The van der Waals surface area contributed by atoms with E-state index in [1.165, 1.54) is 15.3 Å². The number of nitrogens with zero attached hydrogens (tertiary/aromatic N) is 1. The van der Waals surface area contributed by atoms with E-state index in [4.69, 9.17) is 9.47 Å². The number of thiophene rings is 1. The summed E-state index contributed by atoms with van der Waals surface area (Å²) in [5, 5.41) is 3.45. The van der Waals surface area contributed by atoms with Crippen molar-refractivity contribution in [3.05, 3.63) is 45.6 Å². The molecule has 2 aromatic rings. The third kappa shape index (κ3) is 4.35. The highest BCUT2D eigenvalue weighted by Gasteiger charge is 2.26. The Morgan fingerprint density at radius 3 is 2.40 bits per heavy atom. The van der Waals surface area contributed by atoms with Gasteiger partial charge in [-0.25, -0.2) is 0 Å². The minimum atomic E-state index is 0.274. The fourth-order valence-electron chi connectivity index (χ4n) is 3.33. The number of aryl methyl sites for hydroxylation is 1. The first kappa shape index (κ1) is 18.2. The summed E-state index contributed by atoms with van der Waals surface area (Å²) >= 11 is 1.88. The molecule has 3 rings (SSSR count). The molecule has 1 unspecified atom stereocenters. The summed E-state index contributed by atoms with van der Waals surface area (Å²) in [5.41, 5.74) is 1.27. The van der Waals surface area contributed by atoms with Crippen molar-refractivity contribution >= 4 is 11.3 Å².